The summed E-state index contributed by atoms with van der Waals surface area (Å²) in [6.45, 7) is 2.40. The number of nitrogens with zero attached hydrogens (tertiary/aromatic N) is 2. The van der Waals surface area contributed by atoms with Crippen LogP contribution >= 0.6 is 11.3 Å². The number of thiazole rings is 1. The molecule has 1 amide bonds. The molecule has 1 atom stereocenters. The Morgan fingerprint density at radius 1 is 1.80 bits per heavy atom. The molecular weight excluding hydrogens is 210 g/mol. The first-order valence-electron chi connectivity index (χ1n) is 5.12. The zero-order chi connectivity index (χ0) is 10.8. The molecule has 0 aliphatic heterocycles. The van der Waals surface area contributed by atoms with Crippen molar-refractivity contribution < 1.29 is 4.79 Å². The molecule has 1 aromatic rings. The van der Waals surface area contributed by atoms with Crippen LogP contribution < -0.4 is 5.73 Å². The van der Waals surface area contributed by atoms with Gasteiger partial charge in [-0.3, -0.25) is 9.78 Å². The van der Waals surface area contributed by atoms with Crippen LogP contribution in [-0.2, 0) is 11.3 Å². The van der Waals surface area contributed by atoms with Gasteiger partial charge in [0.1, 0.15) is 0 Å². The summed E-state index contributed by atoms with van der Waals surface area (Å²) in [4.78, 5) is 18.9. The highest BCUT2D eigenvalue weighted by atomic mass is 32.1. The van der Waals surface area contributed by atoms with E-state index in [0.29, 0.717) is 12.6 Å². The summed E-state index contributed by atoms with van der Waals surface area (Å²) in [5.41, 5.74) is 7.42. The summed E-state index contributed by atoms with van der Waals surface area (Å²) in [7, 11) is 0. The van der Waals surface area contributed by atoms with Gasteiger partial charge in [-0.15, -0.1) is 11.3 Å². The van der Waals surface area contributed by atoms with Crippen LogP contribution in [-0.4, -0.2) is 27.9 Å². The van der Waals surface area contributed by atoms with E-state index in [4.69, 9.17) is 5.73 Å². The standard InChI is InChI=1S/C10H15N3OS/c1-7(11)10(14)13(8-2-3-8)5-9-4-12-6-15-9/h4,6-8H,2-3,5,11H2,1H3/t7-/m0/s1. The molecule has 15 heavy (non-hydrogen) atoms. The minimum absolute atomic E-state index is 0.0471. The van der Waals surface area contributed by atoms with Crippen molar-refractivity contribution in [2.75, 3.05) is 0 Å². The van der Waals surface area contributed by atoms with Gasteiger partial charge in [0.25, 0.3) is 0 Å². The zero-order valence-corrected chi connectivity index (χ0v) is 9.54. The van der Waals surface area contributed by atoms with E-state index in [0.717, 1.165) is 17.7 Å². The lowest BCUT2D eigenvalue weighted by Gasteiger charge is -2.23. The first kappa shape index (κ1) is 10.6. The van der Waals surface area contributed by atoms with Crippen molar-refractivity contribution in [3.63, 3.8) is 0 Å². The summed E-state index contributed by atoms with van der Waals surface area (Å²) < 4.78 is 0. The molecule has 0 unspecified atom stereocenters. The lowest BCUT2D eigenvalue weighted by molar-refractivity contribution is -0.133. The van der Waals surface area contributed by atoms with E-state index in [2.05, 4.69) is 4.98 Å². The third kappa shape index (κ3) is 2.54. The van der Waals surface area contributed by atoms with Crippen molar-refractivity contribution in [1.82, 2.24) is 9.88 Å². The second-order valence-electron chi connectivity index (χ2n) is 3.95. The van der Waals surface area contributed by atoms with E-state index in [9.17, 15) is 4.79 Å². The molecule has 0 aromatic carbocycles. The quantitative estimate of drug-likeness (QED) is 0.831. The molecule has 82 valence electrons. The molecule has 1 aliphatic rings. The minimum Gasteiger partial charge on any atom is -0.333 e. The normalized spacial score (nSPS) is 17.5. The number of amides is 1. The lowest BCUT2D eigenvalue weighted by atomic mass is 10.3. The molecule has 0 radical (unpaired) electrons. The SMILES string of the molecule is C[C@H](N)C(=O)N(Cc1cncs1)C1CC1. The van der Waals surface area contributed by atoms with Crippen LogP contribution in [0.5, 0.6) is 0 Å². The van der Waals surface area contributed by atoms with Crippen molar-refractivity contribution in [2.45, 2.75) is 38.4 Å². The number of aromatic nitrogens is 1. The molecule has 4 nitrogen and oxygen atoms in total. The Morgan fingerprint density at radius 3 is 3.00 bits per heavy atom. The van der Waals surface area contributed by atoms with Gasteiger partial charge in [0.2, 0.25) is 5.91 Å². The van der Waals surface area contributed by atoms with Gasteiger partial charge in [-0.25, -0.2) is 0 Å². The molecular formula is C10H15N3OS. The van der Waals surface area contributed by atoms with Gasteiger partial charge in [-0.2, -0.15) is 0 Å². The number of rotatable bonds is 4. The summed E-state index contributed by atoms with van der Waals surface area (Å²) in [6, 6.07) is 0.00382. The Kier molecular flexibility index (Phi) is 3.02. The van der Waals surface area contributed by atoms with Crippen LogP contribution in [0, 0.1) is 0 Å². The van der Waals surface area contributed by atoms with Crippen molar-refractivity contribution in [1.29, 1.82) is 0 Å². The van der Waals surface area contributed by atoms with E-state index in [1.54, 1.807) is 23.8 Å². The monoisotopic (exact) mass is 225 g/mol. The Bertz CT molecular complexity index is 332. The topological polar surface area (TPSA) is 59.2 Å². The van der Waals surface area contributed by atoms with E-state index in [1.165, 1.54) is 0 Å². The molecule has 2 N–H and O–H groups in total. The average molecular weight is 225 g/mol. The molecule has 1 aromatic heterocycles. The molecule has 2 rings (SSSR count). The van der Waals surface area contributed by atoms with Gasteiger partial charge in [0.15, 0.2) is 0 Å². The van der Waals surface area contributed by atoms with Gasteiger partial charge < -0.3 is 10.6 Å². The Hall–Kier alpha value is -0.940. The van der Waals surface area contributed by atoms with Gasteiger partial charge in [-0.05, 0) is 19.8 Å². The van der Waals surface area contributed by atoms with Gasteiger partial charge in [0.05, 0.1) is 18.1 Å². The summed E-state index contributed by atoms with van der Waals surface area (Å²) in [5.74, 6) is 0.0471. The van der Waals surface area contributed by atoms with Crippen molar-refractivity contribution >= 4 is 17.2 Å². The molecule has 1 fully saturated rings. The van der Waals surface area contributed by atoms with Crippen LogP contribution in [0.25, 0.3) is 0 Å². The van der Waals surface area contributed by atoms with Crippen LogP contribution in [0.15, 0.2) is 11.7 Å². The number of nitrogens with two attached hydrogens (primary N) is 1. The van der Waals surface area contributed by atoms with Crippen molar-refractivity contribution in [2.24, 2.45) is 5.73 Å². The maximum Gasteiger partial charge on any atom is 0.239 e. The molecule has 1 heterocycles. The number of hydrogen-bond donors (Lipinski definition) is 1. The molecule has 0 spiro atoms. The highest BCUT2D eigenvalue weighted by Crippen LogP contribution is 2.29. The third-order valence-electron chi connectivity index (χ3n) is 2.47. The smallest absolute Gasteiger partial charge is 0.239 e. The van der Waals surface area contributed by atoms with Crippen LogP contribution in [0.3, 0.4) is 0 Å². The van der Waals surface area contributed by atoms with Gasteiger partial charge >= 0.3 is 0 Å². The second-order valence-corrected chi connectivity index (χ2v) is 4.92. The average Bonchev–Trinajstić information content (AvgIpc) is 2.92. The molecule has 0 bridgehead atoms. The first-order chi connectivity index (χ1) is 7.18. The summed E-state index contributed by atoms with van der Waals surface area (Å²) in [5, 5.41) is 0. The maximum absolute atomic E-state index is 11.8. The highest BCUT2D eigenvalue weighted by molar-refractivity contribution is 7.09. The Balaban J connectivity index is 2.03. The van der Waals surface area contributed by atoms with E-state index >= 15 is 0 Å². The predicted molar refractivity (Wildman–Crippen MR) is 59.3 cm³/mol. The molecule has 1 aliphatic carbocycles. The van der Waals surface area contributed by atoms with Gasteiger partial charge in [0, 0.05) is 17.1 Å². The predicted octanol–water partition coefficient (Wildman–Crippen LogP) is 0.981. The fourth-order valence-electron chi connectivity index (χ4n) is 1.52. The molecule has 5 heteroatoms. The Labute approximate surface area is 93.1 Å². The first-order valence-corrected chi connectivity index (χ1v) is 6.00. The van der Waals surface area contributed by atoms with Crippen LogP contribution in [0.4, 0.5) is 0 Å². The van der Waals surface area contributed by atoms with E-state index < -0.39 is 6.04 Å². The largest absolute Gasteiger partial charge is 0.333 e. The van der Waals surface area contributed by atoms with Gasteiger partial charge in [-0.1, -0.05) is 0 Å². The summed E-state index contributed by atoms with van der Waals surface area (Å²) in [6.07, 6.45) is 4.03. The van der Waals surface area contributed by atoms with Crippen LogP contribution in [0.1, 0.15) is 24.6 Å². The fraction of sp³-hybridized carbons (Fsp3) is 0.600. The van der Waals surface area contributed by atoms with Crippen molar-refractivity contribution in [3.05, 3.63) is 16.6 Å². The summed E-state index contributed by atoms with van der Waals surface area (Å²) >= 11 is 1.58. The van der Waals surface area contributed by atoms with E-state index in [-0.39, 0.29) is 5.91 Å². The Morgan fingerprint density at radius 2 is 2.53 bits per heavy atom. The molecule has 1 saturated carbocycles. The lowest BCUT2D eigenvalue weighted by Crippen LogP contribution is -2.42. The maximum atomic E-state index is 11.8. The number of hydrogen-bond acceptors (Lipinski definition) is 4. The number of carbonyl (C=O) groups excluding carboxylic acids is 1. The zero-order valence-electron chi connectivity index (χ0n) is 8.72. The fourth-order valence-corrected chi connectivity index (χ4v) is 2.12. The van der Waals surface area contributed by atoms with E-state index in [1.807, 2.05) is 11.1 Å². The highest BCUT2D eigenvalue weighted by Gasteiger charge is 2.33. The van der Waals surface area contributed by atoms with Crippen LogP contribution in [0.2, 0.25) is 0 Å². The third-order valence-corrected chi connectivity index (χ3v) is 3.23. The minimum atomic E-state index is -0.404. The van der Waals surface area contributed by atoms with Crippen molar-refractivity contribution in [3.8, 4) is 0 Å². The second kappa shape index (κ2) is 4.28. The number of carbonyl (C=O) groups is 1. The molecule has 0 saturated heterocycles.